The Bertz CT molecular complexity index is 732. The number of sulfonamides is 1. The van der Waals surface area contributed by atoms with E-state index < -0.39 is 10.0 Å². The van der Waals surface area contributed by atoms with E-state index in [0.717, 1.165) is 18.4 Å². The van der Waals surface area contributed by atoms with Gasteiger partial charge in [-0.25, -0.2) is 8.42 Å². The maximum Gasteiger partial charge on any atom is 0.243 e. The van der Waals surface area contributed by atoms with Gasteiger partial charge in [0, 0.05) is 31.7 Å². The number of nitrogens with zero attached hydrogens (tertiary/aromatic N) is 1. The number of nitrogens with two attached hydrogens (primary N) is 1. The van der Waals surface area contributed by atoms with E-state index >= 15 is 0 Å². The first kappa shape index (κ1) is 16.4. The van der Waals surface area contributed by atoms with E-state index in [1.165, 1.54) is 6.92 Å². The highest BCUT2D eigenvalue weighted by molar-refractivity contribution is 7.89. The fourth-order valence-corrected chi connectivity index (χ4v) is 5.26. The number of amides is 1. The van der Waals surface area contributed by atoms with Crippen LogP contribution >= 0.6 is 0 Å². The molecule has 1 saturated carbocycles. The van der Waals surface area contributed by atoms with E-state index in [9.17, 15) is 13.2 Å². The standard InChI is InChI=1S/C16H23N3O3S/c1-10-3-5-13(7-16(10)18-11(2)20)23(21,22)19-8-12-4-6-15(17)14(12)9-19/h3,5,7,12,14-15H,4,6,8-9,17H2,1-2H3,(H,18,20). The van der Waals surface area contributed by atoms with Gasteiger partial charge in [-0.15, -0.1) is 0 Å². The highest BCUT2D eigenvalue weighted by Gasteiger charge is 2.45. The average Bonchev–Trinajstić information content (AvgIpc) is 3.04. The molecule has 0 aromatic heterocycles. The summed E-state index contributed by atoms with van der Waals surface area (Å²) in [6.45, 7) is 4.28. The number of hydrogen-bond donors (Lipinski definition) is 2. The third kappa shape index (κ3) is 3.00. The molecular weight excluding hydrogens is 314 g/mol. The maximum atomic E-state index is 12.9. The normalized spacial score (nSPS) is 27.9. The smallest absolute Gasteiger partial charge is 0.243 e. The van der Waals surface area contributed by atoms with Gasteiger partial charge in [-0.05, 0) is 49.3 Å². The van der Waals surface area contributed by atoms with Gasteiger partial charge in [0.25, 0.3) is 0 Å². The molecule has 23 heavy (non-hydrogen) atoms. The summed E-state index contributed by atoms with van der Waals surface area (Å²) in [6, 6.07) is 4.97. The lowest BCUT2D eigenvalue weighted by Crippen LogP contribution is -2.33. The molecule has 0 bridgehead atoms. The van der Waals surface area contributed by atoms with Crippen molar-refractivity contribution in [2.75, 3.05) is 18.4 Å². The Kier molecular flexibility index (Phi) is 4.20. The number of rotatable bonds is 3. The maximum absolute atomic E-state index is 12.9. The van der Waals surface area contributed by atoms with E-state index in [4.69, 9.17) is 5.73 Å². The Morgan fingerprint density at radius 3 is 2.70 bits per heavy atom. The second-order valence-corrected chi connectivity index (χ2v) is 8.58. The number of aryl methyl sites for hydroxylation is 1. The Balaban J connectivity index is 1.87. The van der Waals surface area contributed by atoms with Gasteiger partial charge in [-0.1, -0.05) is 6.07 Å². The Hall–Kier alpha value is -1.44. The molecule has 1 aromatic carbocycles. The van der Waals surface area contributed by atoms with Crippen molar-refractivity contribution >= 4 is 21.6 Å². The molecule has 7 heteroatoms. The molecule has 2 aliphatic rings. The number of carbonyl (C=O) groups is 1. The highest BCUT2D eigenvalue weighted by Crippen LogP contribution is 2.39. The van der Waals surface area contributed by atoms with E-state index in [0.29, 0.717) is 24.7 Å². The Morgan fingerprint density at radius 1 is 1.30 bits per heavy atom. The van der Waals surface area contributed by atoms with Crippen molar-refractivity contribution in [1.29, 1.82) is 0 Å². The third-order valence-corrected chi connectivity index (χ3v) is 6.86. The SMILES string of the molecule is CC(=O)Nc1cc(S(=O)(=O)N2CC3CCC(N)C3C2)ccc1C. The van der Waals surface area contributed by atoms with Crippen molar-refractivity contribution in [3.05, 3.63) is 23.8 Å². The summed E-state index contributed by atoms with van der Waals surface area (Å²) < 4.78 is 27.3. The predicted octanol–water partition coefficient (Wildman–Crippen LogP) is 1.31. The minimum Gasteiger partial charge on any atom is -0.327 e. The zero-order chi connectivity index (χ0) is 16.8. The van der Waals surface area contributed by atoms with Gasteiger partial charge in [0.1, 0.15) is 0 Å². The number of anilines is 1. The lowest BCUT2D eigenvalue weighted by Gasteiger charge is -2.19. The largest absolute Gasteiger partial charge is 0.327 e. The van der Waals surface area contributed by atoms with Crippen LogP contribution in [-0.2, 0) is 14.8 Å². The van der Waals surface area contributed by atoms with Crippen LogP contribution < -0.4 is 11.1 Å². The number of fused-ring (bicyclic) bond motifs is 1. The molecule has 0 spiro atoms. The lowest BCUT2D eigenvalue weighted by molar-refractivity contribution is -0.114. The fourth-order valence-electron chi connectivity index (χ4n) is 3.70. The number of hydrogen-bond acceptors (Lipinski definition) is 4. The van der Waals surface area contributed by atoms with Gasteiger partial charge >= 0.3 is 0 Å². The zero-order valence-electron chi connectivity index (χ0n) is 13.5. The second-order valence-electron chi connectivity index (χ2n) is 6.65. The van der Waals surface area contributed by atoms with Crippen molar-refractivity contribution in [2.24, 2.45) is 17.6 Å². The molecule has 3 N–H and O–H groups in total. The predicted molar refractivity (Wildman–Crippen MR) is 88.4 cm³/mol. The summed E-state index contributed by atoms with van der Waals surface area (Å²) in [5.41, 5.74) is 7.46. The first-order valence-corrected chi connectivity index (χ1v) is 9.37. The van der Waals surface area contributed by atoms with Crippen LogP contribution in [0, 0.1) is 18.8 Å². The van der Waals surface area contributed by atoms with Gasteiger partial charge in [-0.3, -0.25) is 4.79 Å². The minimum absolute atomic E-state index is 0.105. The summed E-state index contributed by atoms with van der Waals surface area (Å²) in [5.74, 6) is 0.425. The monoisotopic (exact) mass is 337 g/mol. The molecule has 1 amide bonds. The lowest BCUT2D eigenvalue weighted by atomic mass is 9.98. The third-order valence-electron chi connectivity index (χ3n) is 5.04. The summed E-state index contributed by atoms with van der Waals surface area (Å²) >= 11 is 0. The fraction of sp³-hybridized carbons (Fsp3) is 0.562. The van der Waals surface area contributed by atoms with Gasteiger partial charge in [0.15, 0.2) is 0 Å². The van der Waals surface area contributed by atoms with Gasteiger partial charge in [-0.2, -0.15) is 4.31 Å². The van der Waals surface area contributed by atoms with Gasteiger partial charge in [0.05, 0.1) is 4.90 Å². The van der Waals surface area contributed by atoms with Crippen LogP contribution in [0.4, 0.5) is 5.69 Å². The van der Waals surface area contributed by atoms with Crippen LogP contribution in [0.3, 0.4) is 0 Å². The van der Waals surface area contributed by atoms with Crippen LogP contribution in [0.15, 0.2) is 23.1 Å². The molecular formula is C16H23N3O3S. The van der Waals surface area contributed by atoms with Gasteiger partial charge in [0.2, 0.25) is 15.9 Å². The molecule has 1 heterocycles. The molecule has 3 unspecified atom stereocenters. The van der Waals surface area contributed by atoms with Crippen LogP contribution in [0.2, 0.25) is 0 Å². The Morgan fingerprint density at radius 2 is 2.04 bits per heavy atom. The van der Waals surface area contributed by atoms with Crippen LogP contribution in [0.1, 0.15) is 25.3 Å². The summed E-state index contributed by atoms with van der Waals surface area (Å²) in [6.07, 6.45) is 1.99. The van der Waals surface area contributed by atoms with Crippen molar-refractivity contribution in [3.63, 3.8) is 0 Å². The minimum atomic E-state index is -3.55. The molecule has 126 valence electrons. The first-order valence-electron chi connectivity index (χ1n) is 7.93. The van der Waals surface area contributed by atoms with E-state index in [1.807, 2.05) is 6.92 Å². The quantitative estimate of drug-likeness (QED) is 0.870. The highest BCUT2D eigenvalue weighted by atomic mass is 32.2. The molecule has 1 aromatic rings. The topological polar surface area (TPSA) is 92.5 Å². The molecule has 3 rings (SSSR count). The number of nitrogens with one attached hydrogen (secondary N) is 1. The molecule has 6 nitrogen and oxygen atoms in total. The summed E-state index contributed by atoms with van der Waals surface area (Å²) in [5, 5.41) is 2.68. The van der Waals surface area contributed by atoms with Crippen molar-refractivity contribution in [3.8, 4) is 0 Å². The van der Waals surface area contributed by atoms with Crippen LogP contribution in [0.25, 0.3) is 0 Å². The number of benzene rings is 1. The van der Waals surface area contributed by atoms with Crippen molar-refractivity contribution < 1.29 is 13.2 Å². The number of carbonyl (C=O) groups excluding carboxylic acids is 1. The van der Waals surface area contributed by atoms with E-state index in [-0.39, 0.29) is 22.8 Å². The summed E-state index contributed by atoms with van der Waals surface area (Å²) in [7, 11) is -3.55. The average molecular weight is 337 g/mol. The van der Waals surface area contributed by atoms with Crippen molar-refractivity contribution in [1.82, 2.24) is 4.31 Å². The molecule has 1 saturated heterocycles. The van der Waals surface area contributed by atoms with Gasteiger partial charge < -0.3 is 11.1 Å². The molecule has 0 radical (unpaired) electrons. The molecule has 1 aliphatic carbocycles. The van der Waals surface area contributed by atoms with E-state index in [1.54, 1.807) is 22.5 Å². The van der Waals surface area contributed by atoms with E-state index in [2.05, 4.69) is 5.32 Å². The van der Waals surface area contributed by atoms with Crippen LogP contribution in [-0.4, -0.2) is 37.8 Å². The van der Waals surface area contributed by atoms with Crippen LogP contribution in [0.5, 0.6) is 0 Å². The van der Waals surface area contributed by atoms with Crippen molar-refractivity contribution in [2.45, 2.75) is 37.6 Å². The second kappa shape index (κ2) is 5.89. The molecule has 1 aliphatic heterocycles. The first-order chi connectivity index (χ1) is 10.8. The molecule has 3 atom stereocenters. The zero-order valence-corrected chi connectivity index (χ0v) is 14.3. The summed E-state index contributed by atoms with van der Waals surface area (Å²) in [4.78, 5) is 11.5. The Labute approximate surface area is 137 Å². The molecule has 2 fully saturated rings.